The van der Waals surface area contributed by atoms with Gasteiger partial charge in [0.1, 0.15) is 0 Å². The van der Waals surface area contributed by atoms with E-state index in [9.17, 15) is 5.11 Å². The second-order valence-electron chi connectivity index (χ2n) is 5.23. The first-order valence-corrected chi connectivity index (χ1v) is 6.21. The topological polar surface area (TPSA) is 46.2 Å². The average molecular weight is 197 g/mol. The minimum Gasteiger partial charge on any atom is -0.391 e. The van der Waals surface area contributed by atoms with Crippen LogP contribution in [0, 0.1) is 11.8 Å². The molecule has 2 aliphatic carbocycles. The third-order valence-electron chi connectivity index (χ3n) is 3.87. The molecule has 0 amide bonds. The predicted octanol–water partition coefficient (Wildman–Crippen LogP) is 2.05. The molecule has 0 radical (unpaired) electrons. The van der Waals surface area contributed by atoms with Gasteiger partial charge in [0.15, 0.2) is 0 Å². The second-order valence-corrected chi connectivity index (χ2v) is 5.23. The monoisotopic (exact) mass is 197 g/mol. The minimum atomic E-state index is -0.226. The molecule has 2 unspecified atom stereocenters. The van der Waals surface area contributed by atoms with Gasteiger partial charge in [0.2, 0.25) is 0 Å². The molecule has 82 valence electrons. The van der Waals surface area contributed by atoms with Crippen molar-refractivity contribution in [3.05, 3.63) is 0 Å². The highest BCUT2D eigenvalue weighted by atomic mass is 16.3. The van der Waals surface area contributed by atoms with E-state index in [-0.39, 0.29) is 12.1 Å². The highest BCUT2D eigenvalue weighted by Gasteiger charge is 2.31. The van der Waals surface area contributed by atoms with Gasteiger partial charge in [0.05, 0.1) is 6.10 Å². The van der Waals surface area contributed by atoms with Crippen molar-refractivity contribution in [3.63, 3.8) is 0 Å². The van der Waals surface area contributed by atoms with Crippen molar-refractivity contribution in [2.45, 2.75) is 63.5 Å². The lowest BCUT2D eigenvalue weighted by Gasteiger charge is -2.30. The molecule has 2 aliphatic rings. The Morgan fingerprint density at radius 1 is 1.07 bits per heavy atom. The predicted molar refractivity (Wildman–Crippen MR) is 57.9 cm³/mol. The molecule has 2 heteroatoms. The fourth-order valence-corrected chi connectivity index (χ4v) is 2.70. The number of rotatable bonds is 4. The molecule has 0 spiro atoms. The van der Waals surface area contributed by atoms with Crippen LogP contribution < -0.4 is 5.73 Å². The van der Waals surface area contributed by atoms with Gasteiger partial charge in [0, 0.05) is 6.04 Å². The first-order valence-electron chi connectivity index (χ1n) is 6.21. The lowest BCUT2D eigenvalue weighted by molar-refractivity contribution is 0.0579. The van der Waals surface area contributed by atoms with E-state index in [0.29, 0.717) is 5.92 Å². The van der Waals surface area contributed by atoms with Gasteiger partial charge < -0.3 is 10.8 Å². The van der Waals surface area contributed by atoms with Crippen molar-refractivity contribution in [2.75, 3.05) is 0 Å². The van der Waals surface area contributed by atoms with Crippen LogP contribution in [0.2, 0.25) is 0 Å². The van der Waals surface area contributed by atoms with Gasteiger partial charge in [-0.15, -0.1) is 0 Å². The second kappa shape index (κ2) is 4.63. The molecule has 2 rings (SSSR count). The average Bonchev–Trinajstić information content (AvgIpc) is 3.02. The van der Waals surface area contributed by atoms with Crippen LogP contribution in [-0.2, 0) is 0 Å². The van der Waals surface area contributed by atoms with Gasteiger partial charge in [-0.3, -0.25) is 0 Å². The summed E-state index contributed by atoms with van der Waals surface area (Å²) in [5, 5.41) is 10.1. The van der Waals surface area contributed by atoms with Crippen LogP contribution in [0.4, 0.5) is 0 Å². The highest BCUT2D eigenvalue weighted by molar-refractivity contribution is 4.86. The lowest BCUT2D eigenvalue weighted by atomic mass is 9.82. The fraction of sp³-hybridized carbons (Fsp3) is 1.00. The molecule has 2 atom stereocenters. The SMILES string of the molecule is NC(CC1CC1)C(O)C1CCCCC1. The maximum Gasteiger partial charge on any atom is 0.0719 e. The molecule has 0 aliphatic heterocycles. The molecular formula is C12H23NO. The Morgan fingerprint density at radius 3 is 2.29 bits per heavy atom. The molecule has 14 heavy (non-hydrogen) atoms. The van der Waals surface area contributed by atoms with E-state index in [1.54, 1.807) is 0 Å². The fourth-order valence-electron chi connectivity index (χ4n) is 2.70. The maximum absolute atomic E-state index is 10.1. The van der Waals surface area contributed by atoms with Crippen LogP contribution in [0.3, 0.4) is 0 Å². The van der Waals surface area contributed by atoms with Crippen LogP contribution in [0.5, 0.6) is 0 Å². The first kappa shape index (κ1) is 10.4. The Kier molecular flexibility index (Phi) is 3.45. The van der Waals surface area contributed by atoms with E-state index in [1.165, 1.54) is 44.9 Å². The molecule has 0 heterocycles. The van der Waals surface area contributed by atoms with Crippen LogP contribution >= 0.6 is 0 Å². The molecule has 0 saturated heterocycles. The van der Waals surface area contributed by atoms with Crippen molar-refractivity contribution in [1.29, 1.82) is 0 Å². The van der Waals surface area contributed by atoms with Gasteiger partial charge in [-0.25, -0.2) is 0 Å². The van der Waals surface area contributed by atoms with Crippen molar-refractivity contribution >= 4 is 0 Å². The van der Waals surface area contributed by atoms with E-state index < -0.39 is 0 Å². The summed E-state index contributed by atoms with van der Waals surface area (Å²) in [6.45, 7) is 0. The third kappa shape index (κ3) is 2.71. The number of aliphatic hydroxyl groups excluding tert-OH is 1. The van der Waals surface area contributed by atoms with E-state index >= 15 is 0 Å². The normalized spacial score (nSPS) is 28.7. The van der Waals surface area contributed by atoms with E-state index in [2.05, 4.69) is 0 Å². The van der Waals surface area contributed by atoms with Crippen LogP contribution in [0.15, 0.2) is 0 Å². The summed E-state index contributed by atoms with van der Waals surface area (Å²) in [6.07, 6.45) is 9.82. The molecule has 0 aromatic carbocycles. The zero-order chi connectivity index (χ0) is 9.97. The van der Waals surface area contributed by atoms with Gasteiger partial charge in [-0.1, -0.05) is 32.1 Å². The number of aliphatic hydroxyl groups is 1. The summed E-state index contributed by atoms with van der Waals surface area (Å²) >= 11 is 0. The molecule has 0 bridgehead atoms. The van der Waals surface area contributed by atoms with E-state index in [4.69, 9.17) is 5.73 Å². The Balaban J connectivity index is 1.75. The summed E-state index contributed by atoms with van der Waals surface area (Å²) in [5.41, 5.74) is 6.04. The van der Waals surface area contributed by atoms with Crippen molar-refractivity contribution in [2.24, 2.45) is 17.6 Å². The van der Waals surface area contributed by atoms with E-state index in [0.717, 1.165) is 12.3 Å². The van der Waals surface area contributed by atoms with Gasteiger partial charge in [-0.2, -0.15) is 0 Å². The zero-order valence-corrected chi connectivity index (χ0v) is 8.99. The minimum absolute atomic E-state index is 0.0469. The molecular weight excluding hydrogens is 174 g/mol. The Hall–Kier alpha value is -0.0800. The summed E-state index contributed by atoms with van der Waals surface area (Å²) < 4.78 is 0. The van der Waals surface area contributed by atoms with Crippen molar-refractivity contribution in [1.82, 2.24) is 0 Å². The Labute approximate surface area is 86.9 Å². The van der Waals surface area contributed by atoms with Crippen LogP contribution in [0.25, 0.3) is 0 Å². The van der Waals surface area contributed by atoms with Gasteiger partial charge in [0.25, 0.3) is 0 Å². The molecule has 2 saturated carbocycles. The summed E-state index contributed by atoms with van der Waals surface area (Å²) in [5.74, 6) is 1.33. The molecule has 2 nitrogen and oxygen atoms in total. The lowest BCUT2D eigenvalue weighted by Crippen LogP contribution is -2.41. The smallest absolute Gasteiger partial charge is 0.0719 e. The van der Waals surface area contributed by atoms with Gasteiger partial charge in [-0.05, 0) is 31.1 Å². The molecule has 2 fully saturated rings. The molecule has 3 N–H and O–H groups in total. The number of hydrogen-bond acceptors (Lipinski definition) is 2. The Morgan fingerprint density at radius 2 is 1.71 bits per heavy atom. The third-order valence-corrected chi connectivity index (χ3v) is 3.87. The summed E-state index contributed by atoms with van der Waals surface area (Å²) in [6, 6.07) is 0.0469. The van der Waals surface area contributed by atoms with Crippen LogP contribution in [-0.4, -0.2) is 17.3 Å². The Bertz CT molecular complexity index is 173. The highest BCUT2D eigenvalue weighted by Crippen LogP contribution is 2.35. The standard InChI is InChI=1S/C12H23NO/c13-11(8-9-6-7-9)12(14)10-4-2-1-3-5-10/h9-12,14H,1-8,13H2. The summed E-state index contributed by atoms with van der Waals surface area (Å²) in [4.78, 5) is 0. The van der Waals surface area contributed by atoms with Crippen molar-refractivity contribution in [3.8, 4) is 0 Å². The summed E-state index contributed by atoms with van der Waals surface area (Å²) in [7, 11) is 0. The number of nitrogens with two attached hydrogens (primary N) is 1. The van der Waals surface area contributed by atoms with Crippen LogP contribution in [0.1, 0.15) is 51.4 Å². The first-order chi connectivity index (χ1) is 6.77. The van der Waals surface area contributed by atoms with Gasteiger partial charge >= 0.3 is 0 Å². The molecule has 0 aromatic heterocycles. The largest absolute Gasteiger partial charge is 0.391 e. The quantitative estimate of drug-likeness (QED) is 0.724. The van der Waals surface area contributed by atoms with Crippen molar-refractivity contribution < 1.29 is 5.11 Å². The zero-order valence-electron chi connectivity index (χ0n) is 8.99. The number of hydrogen-bond donors (Lipinski definition) is 2. The molecule has 0 aromatic rings. The maximum atomic E-state index is 10.1. The van der Waals surface area contributed by atoms with E-state index in [1.807, 2.05) is 0 Å².